The number of benzene rings is 1. The molecule has 3 aliphatic heterocycles. The van der Waals surface area contributed by atoms with Crippen molar-refractivity contribution in [2.24, 2.45) is 0 Å². The van der Waals surface area contributed by atoms with Crippen LogP contribution >= 0.6 is 11.8 Å². The van der Waals surface area contributed by atoms with E-state index in [9.17, 15) is 19.2 Å². The number of amides is 2. The molecule has 2 fully saturated rings. The molecule has 0 bridgehead atoms. The maximum absolute atomic E-state index is 12.8. The average Bonchev–Trinajstić information content (AvgIpc) is 3.05. The lowest BCUT2D eigenvalue weighted by molar-refractivity contribution is -0.175. The lowest BCUT2D eigenvalue weighted by Crippen LogP contribution is -2.70. The number of fused-ring (bicyclic) bond motifs is 1. The third kappa shape index (κ3) is 4.82. The van der Waals surface area contributed by atoms with Crippen molar-refractivity contribution in [3.63, 3.8) is 0 Å². The first-order valence-electron chi connectivity index (χ1n) is 10.9. The molecule has 0 aliphatic carbocycles. The number of nitrogens with one attached hydrogen (secondary N) is 1. The number of ether oxygens (including phenoxy) is 2. The van der Waals surface area contributed by atoms with Crippen LogP contribution in [-0.4, -0.2) is 69.6 Å². The Morgan fingerprint density at radius 2 is 1.91 bits per heavy atom. The summed E-state index contributed by atoms with van der Waals surface area (Å²) in [6, 6.07) is 7.72. The van der Waals surface area contributed by atoms with Crippen LogP contribution in [0.15, 0.2) is 54.4 Å². The highest BCUT2D eigenvalue weighted by molar-refractivity contribution is 8.01. The molecule has 4 rings (SSSR count). The topological polar surface area (TPSA) is 105 Å². The molecule has 1 aromatic rings. The number of hydrogen-bond acceptors (Lipinski definition) is 8. The molecule has 10 heteroatoms. The second kappa shape index (κ2) is 9.54. The monoisotopic (exact) mass is 485 g/mol. The Hall–Kier alpha value is -3.27. The number of hydrogen-bond donors (Lipinski definition) is 1. The predicted molar refractivity (Wildman–Crippen MR) is 125 cm³/mol. The van der Waals surface area contributed by atoms with Gasteiger partial charge < -0.3 is 24.6 Å². The normalized spacial score (nSPS) is 24.6. The van der Waals surface area contributed by atoms with Crippen LogP contribution in [0.1, 0.15) is 25.8 Å². The van der Waals surface area contributed by atoms with Crippen LogP contribution in [0, 0.1) is 0 Å². The number of β-lactam (4-membered cyclic amide) rings is 1. The van der Waals surface area contributed by atoms with Crippen LogP contribution in [-0.2, 0) is 35.1 Å². The second-order valence-electron chi connectivity index (χ2n) is 8.89. The van der Waals surface area contributed by atoms with Gasteiger partial charge in [-0.1, -0.05) is 36.4 Å². The molecule has 0 unspecified atom stereocenters. The molecule has 3 atom stereocenters. The zero-order chi connectivity index (χ0) is 24.5. The number of thioether (sulfide) groups is 1. The van der Waals surface area contributed by atoms with Crippen molar-refractivity contribution in [1.82, 2.24) is 15.1 Å². The molecule has 1 aromatic carbocycles. The van der Waals surface area contributed by atoms with Crippen LogP contribution in [0.5, 0.6) is 0 Å². The van der Waals surface area contributed by atoms with E-state index in [0.717, 1.165) is 5.56 Å². The van der Waals surface area contributed by atoms with Gasteiger partial charge in [0.2, 0.25) is 18.6 Å². The van der Waals surface area contributed by atoms with Crippen LogP contribution in [0.25, 0.3) is 0 Å². The minimum Gasteiger partial charge on any atom is -0.426 e. The van der Waals surface area contributed by atoms with Gasteiger partial charge in [0.1, 0.15) is 17.5 Å². The molecule has 9 nitrogen and oxygen atoms in total. The molecule has 34 heavy (non-hydrogen) atoms. The summed E-state index contributed by atoms with van der Waals surface area (Å²) in [6.45, 7) is 3.15. The average molecular weight is 486 g/mol. The standard InChI is InChI=1S/C24H27N3O6S/c1-24(2)19(23(31)33-14-32-22(30)16-10-7-11-26(3)13-16)27-20(29)18(21(27)34-24)25-17(28)12-15-8-5-4-6-9-15/h4-9,11,13,18-19,21H,10,12,14H2,1-3H3,(H,25,28)/t18-,19+,21-/m0/s1. The molecule has 2 saturated heterocycles. The van der Waals surface area contributed by atoms with Gasteiger partial charge in [0.25, 0.3) is 0 Å². The molecular formula is C24H27N3O6S. The molecule has 0 radical (unpaired) electrons. The molecule has 3 aliphatic rings. The van der Waals surface area contributed by atoms with Crippen LogP contribution in [0.4, 0.5) is 0 Å². The first-order valence-corrected chi connectivity index (χ1v) is 11.8. The second-order valence-corrected chi connectivity index (χ2v) is 10.7. The van der Waals surface area contributed by atoms with Crippen LogP contribution in [0.3, 0.4) is 0 Å². The highest BCUT2D eigenvalue weighted by Gasteiger charge is 2.64. The van der Waals surface area contributed by atoms with E-state index in [1.165, 1.54) is 16.7 Å². The van der Waals surface area contributed by atoms with Gasteiger partial charge in [-0.05, 0) is 25.6 Å². The number of nitrogens with zero attached hydrogens (tertiary/aromatic N) is 2. The summed E-state index contributed by atoms with van der Waals surface area (Å²) in [4.78, 5) is 53.5. The summed E-state index contributed by atoms with van der Waals surface area (Å²) in [5, 5.41) is 2.43. The Labute approximate surface area is 202 Å². The summed E-state index contributed by atoms with van der Waals surface area (Å²) >= 11 is 1.44. The molecule has 1 N–H and O–H groups in total. The number of esters is 2. The molecular weight excluding hydrogens is 458 g/mol. The Bertz CT molecular complexity index is 1050. The van der Waals surface area contributed by atoms with Crippen LogP contribution in [0.2, 0.25) is 0 Å². The van der Waals surface area contributed by atoms with Gasteiger partial charge in [0.05, 0.1) is 12.0 Å². The molecule has 3 heterocycles. The van der Waals surface area contributed by atoms with E-state index in [0.29, 0.717) is 12.0 Å². The van der Waals surface area contributed by atoms with E-state index in [1.807, 2.05) is 56.5 Å². The van der Waals surface area contributed by atoms with Gasteiger partial charge in [0, 0.05) is 24.4 Å². The summed E-state index contributed by atoms with van der Waals surface area (Å²) in [5.41, 5.74) is 1.30. The van der Waals surface area contributed by atoms with E-state index in [2.05, 4.69) is 5.32 Å². The number of carbonyl (C=O) groups is 4. The first-order chi connectivity index (χ1) is 16.2. The lowest BCUT2D eigenvalue weighted by atomic mass is 9.96. The van der Waals surface area contributed by atoms with Crippen molar-refractivity contribution in [3.8, 4) is 0 Å². The van der Waals surface area contributed by atoms with Gasteiger partial charge in [-0.15, -0.1) is 11.8 Å². The lowest BCUT2D eigenvalue weighted by Gasteiger charge is -2.43. The van der Waals surface area contributed by atoms with E-state index in [1.54, 1.807) is 18.1 Å². The minimum absolute atomic E-state index is 0.171. The van der Waals surface area contributed by atoms with Crippen molar-refractivity contribution in [3.05, 3.63) is 59.9 Å². The third-order valence-corrected chi connectivity index (χ3v) is 7.45. The van der Waals surface area contributed by atoms with Gasteiger partial charge >= 0.3 is 11.9 Å². The van der Waals surface area contributed by atoms with E-state index in [-0.39, 0.29) is 23.6 Å². The zero-order valence-corrected chi connectivity index (χ0v) is 20.0. The largest absolute Gasteiger partial charge is 0.426 e. The summed E-state index contributed by atoms with van der Waals surface area (Å²) in [5.74, 6) is -1.79. The minimum atomic E-state index is -0.848. The SMILES string of the molecule is CN1C=CCC(C(=O)OCOC(=O)[C@H]2N3C(=O)[C@H](NC(=O)Cc4ccccc4)[C@@H]3SC2(C)C)=C1. The van der Waals surface area contributed by atoms with Gasteiger partial charge in [0.15, 0.2) is 0 Å². The Balaban J connectivity index is 1.31. The van der Waals surface area contributed by atoms with Crippen LogP contribution < -0.4 is 5.32 Å². The zero-order valence-electron chi connectivity index (χ0n) is 19.2. The quantitative estimate of drug-likeness (QED) is 0.352. The molecule has 0 saturated carbocycles. The Morgan fingerprint density at radius 1 is 1.18 bits per heavy atom. The summed E-state index contributed by atoms with van der Waals surface area (Å²) in [6.07, 6.45) is 5.91. The van der Waals surface area contributed by atoms with Gasteiger partial charge in [-0.2, -0.15) is 0 Å². The van der Waals surface area contributed by atoms with Crippen molar-refractivity contribution >= 4 is 35.5 Å². The molecule has 0 aromatic heterocycles. The summed E-state index contributed by atoms with van der Waals surface area (Å²) < 4.78 is 9.66. The predicted octanol–water partition coefficient (Wildman–Crippen LogP) is 1.55. The maximum Gasteiger partial charge on any atom is 0.338 e. The Kier molecular flexibility index (Phi) is 6.70. The van der Waals surface area contributed by atoms with E-state index >= 15 is 0 Å². The van der Waals surface area contributed by atoms with Gasteiger partial charge in [-0.3, -0.25) is 9.59 Å². The molecule has 2 amide bonds. The van der Waals surface area contributed by atoms with Crippen molar-refractivity contribution in [2.45, 2.75) is 48.9 Å². The fraction of sp³-hybridized carbons (Fsp3) is 0.417. The number of rotatable bonds is 7. The first kappa shape index (κ1) is 23.9. The Morgan fingerprint density at radius 3 is 2.62 bits per heavy atom. The number of allylic oxidation sites excluding steroid dienone is 1. The van der Waals surface area contributed by atoms with Gasteiger partial charge in [-0.25, -0.2) is 9.59 Å². The van der Waals surface area contributed by atoms with Crippen molar-refractivity contribution in [2.75, 3.05) is 13.8 Å². The smallest absolute Gasteiger partial charge is 0.338 e. The third-order valence-electron chi connectivity index (χ3n) is 5.88. The maximum atomic E-state index is 12.8. The van der Waals surface area contributed by atoms with Crippen molar-refractivity contribution in [1.29, 1.82) is 0 Å². The highest BCUT2D eigenvalue weighted by atomic mass is 32.2. The van der Waals surface area contributed by atoms with E-state index in [4.69, 9.17) is 9.47 Å². The molecule has 180 valence electrons. The van der Waals surface area contributed by atoms with E-state index < -0.39 is 35.6 Å². The fourth-order valence-electron chi connectivity index (χ4n) is 4.27. The molecule has 0 spiro atoms. The highest BCUT2D eigenvalue weighted by Crippen LogP contribution is 2.51. The summed E-state index contributed by atoms with van der Waals surface area (Å²) in [7, 11) is 1.79. The fourth-order valence-corrected chi connectivity index (χ4v) is 5.89. The number of carbonyl (C=O) groups excluding carboxylic acids is 4. The van der Waals surface area contributed by atoms with Crippen molar-refractivity contribution < 1.29 is 28.7 Å².